The molecule has 1 amide bonds. The van der Waals surface area contributed by atoms with Crippen molar-refractivity contribution in [3.63, 3.8) is 0 Å². The molecule has 2 aliphatic rings. The molecule has 1 unspecified atom stereocenters. The number of benzene rings is 1. The van der Waals surface area contributed by atoms with Gasteiger partial charge in [-0.25, -0.2) is 0 Å². The zero-order valence-corrected chi connectivity index (χ0v) is 19.4. The fraction of sp³-hybridized carbons (Fsp3) is 0.619. The summed E-state index contributed by atoms with van der Waals surface area (Å²) in [6.07, 6.45) is 4.28. The number of hydrogen-bond acceptors (Lipinski definition) is 3. The number of carbonyl (C=O) groups excluding carboxylic acids is 1. The first-order chi connectivity index (χ1) is 13.2. The number of anilines is 1. The maximum absolute atomic E-state index is 12.3. The van der Waals surface area contributed by atoms with Gasteiger partial charge in [-0.2, -0.15) is 0 Å². The van der Waals surface area contributed by atoms with E-state index in [1.54, 1.807) is 7.05 Å². The Morgan fingerprint density at radius 2 is 1.93 bits per heavy atom. The first kappa shape index (κ1) is 22.9. The van der Waals surface area contributed by atoms with Gasteiger partial charge in [0, 0.05) is 32.2 Å². The second-order valence-electron chi connectivity index (χ2n) is 7.55. The van der Waals surface area contributed by atoms with Crippen molar-refractivity contribution in [1.82, 2.24) is 15.5 Å². The number of nitrogens with one attached hydrogen (secondary N) is 2. The molecule has 0 aromatic heterocycles. The molecule has 1 aromatic rings. The Morgan fingerprint density at radius 3 is 2.57 bits per heavy atom. The fourth-order valence-electron chi connectivity index (χ4n) is 4.04. The van der Waals surface area contributed by atoms with Crippen LogP contribution in [-0.2, 0) is 4.79 Å². The van der Waals surface area contributed by atoms with E-state index in [2.05, 4.69) is 27.4 Å². The number of amides is 1. The molecule has 28 heavy (non-hydrogen) atoms. The number of nitrogens with zero attached hydrogens (tertiary/aromatic N) is 3. The van der Waals surface area contributed by atoms with Crippen molar-refractivity contribution >= 4 is 41.5 Å². The number of rotatable bonds is 6. The fourth-order valence-corrected chi connectivity index (χ4v) is 4.04. The lowest BCUT2D eigenvalue weighted by molar-refractivity contribution is -0.117. The van der Waals surface area contributed by atoms with Crippen LogP contribution in [0.2, 0.25) is 0 Å². The number of guanidine groups is 1. The number of aliphatic imine (C=N–C) groups is 1. The summed E-state index contributed by atoms with van der Waals surface area (Å²) in [5.41, 5.74) is 0.966. The van der Waals surface area contributed by atoms with Gasteiger partial charge >= 0.3 is 0 Å². The molecule has 0 bridgehead atoms. The Labute approximate surface area is 186 Å². The molecular formula is C21H34IN5O. The number of piperidine rings is 1. The van der Waals surface area contributed by atoms with Gasteiger partial charge in [0.2, 0.25) is 5.91 Å². The zero-order valence-electron chi connectivity index (χ0n) is 17.1. The summed E-state index contributed by atoms with van der Waals surface area (Å²) in [4.78, 5) is 21.1. The lowest BCUT2D eigenvalue weighted by atomic mass is 9.93. The van der Waals surface area contributed by atoms with Crippen molar-refractivity contribution in [2.45, 2.75) is 38.6 Å². The van der Waals surface area contributed by atoms with Crippen molar-refractivity contribution in [2.75, 3.05) is 44.7 Å². The average molecular weight is 499 g/mol. The summed E-state index contributed by atoms with van der Waals surface area (Å²) in [6, 6.07) is 9.96. The average Bonchev–Trinajstić information content (AvgIpc) is 3.08. The predicted octanol–water partition coefficient (Wildman–Crippen LogP) is 2.70. The van der Waals surface area contributed by atoms with Crippen LogP contribution in [0.25, 0.3) is 0 Å². The van der Waals surface area contributed by atoms with Crippen LogP contribution >= 0.6 is 24.0 Å². The first-order valence-electron chi connectivity index (χ1n) is 10.2. The van der Waals surface area contributed by atoms with E-state index in [1.165, 1.54) is 38.9 Å². The summed E-state index contributed by atoms with van der Waals surface area (Å²) in [5.74, 6) is 1.77. The monoisotopic (exact) mass is 499 g/mol. The third-order valence-corrected chi connectivity index (χ3v) is 5.76. The van der Waals surface area contributed by atoms with Crippen molar-refractivity contribution in [2.24, 2.45) is 10.9 Å². The highest BCUT2D eigenvalue weighted by Crippen LogP contribution is 2.21. The van der Waals surface area contributed by atoms with Crippen molar-refractivity contribution in [3.05, 3.63) is 30.3 Å². The molecule has 1 atom stereocenters. The van der Waals surface area contributed by atoms with Gasteiger partial charge in [-0.05, 0) is 56.9 Å². The standard InChI is InChI=1S/C21H33N5O.HI/c1-3-25-13-10-17(11-14-25)9-12-23-21(22-2)24-18-15-20(27)26(16-18)19-7-5-4-6-8-19;/h4-8,17-18H,3,9-16H2,1-2H3,(H2,22,23,24);1H. The second-order valence-corrected chi connectivity index (χ2v) is 7.55. The molecule has 0 saturated carbocycles. The molecule has 1 aromatic carbocycles. The van der Waals surface area contributed by atoms with Crippen LogP contribution in [0, 0.1) is 5.92 Å². The molecule has 2 saturated heterocycles. The molecule has 0 radical (unpaired) electrons. The van der Waals surface area contributed by atoms with Crippen LogP contribution in [0.5, 0.6) is 0 Å². The van der Waals surface area contributed by atoms with Gasteiger partial charge in [0.25, 0.3) is 0 Å². The van der Waals surface area contributed by atoms with Gasteiger partial charge in [-0.15, -0.1) is 24.0 Å². The number of para-hydroxylation sites is 1. The van der Waals surface area contributed by atoms with Crippen LogP contribution in [0.3, 0.4) is 0 Å². The van der Waals surface area contributed by atoms with Gasteiger partial charge in [0.15, 0.2) is 5.96 Å². The quantitative estimate of drug-likeness (QED) is 0.359. The largest absolute Gasteiger partial charge is 0.356 e. The molecule has 2 N–H and O–H groups in total. The van der Waals surface area contributed by atoms with E-state index >= 15 is 0 Å². The molecule has 0 aliphatic carbocycles. The summed E-state index contributed by atoms with van der Waals surface area (Å²) in [5, 5.41) is 6.85. The van der Waals surface area contributed by atoms with Crippen molar-refractivity contribution in [3.8, 4) is 0 Å². The van der Waals surface area contributed by atoms with E-state index in [0.29, 0.717) is 13.0 Å². The minimum absolute atomic E-state index is 0. The van der Waals surface area contributed by atoms with Gasteiger partial charge in [-0.1, -0.05) is 25.1 Å². The Kier molecular flexibility index (Phi) is 9.50. The van der Waals surface area contributed by atoms with E-state index < -0.39 is 0 Å². The minimum atomic E-state index is 0. The molecule has 0 spiro atoms. The molecule has 2 heterocycles. The second kappa shape index (κ2) is 11.6. The molecule has 7 heteroatoms. The molecule has 6 nitrogen and oxygen atoms in total. The predicted molar refractivity (Wildman–Crippen MR) is 127 cm³/mol. The summed E-state index contributed by atoms with van der Waals surface area (Å²) in [7, 11) is 1.79. The SMILES string of the molecule is CCN1CCC(CCNC(=NC)NC2CC(=O)N(c3ccccc3)C2)CC1.I. The lowest BCUT2D eigenvalue weighted by Gasteiger charge is -2.31. The molecule has 2 fully saturated rings. The highest BCUT2D eigenvalue weighted by Gasteiger charge is 2.31. The molecule has 3 rings (SSSR count). The van der Waals surface area contributed by atoms with Crippen LogP contribution < -0.4 is 15.5 Å². The number of halogens is 1. The number of carbonyl (C=O) groups is 1. The number of hydrogen-bond donors (Lipinski definition) is 2. The maximum Gasteiger partial charge on any atom is 0.229 e. The van der Waals surface area contributed by atoms with Crippen molar-refractivity contribution in [1.29, 1.82) is 0 Å². The lowest BCUT2D eigenvalue weighted by Crippen LogP contribution is -2.45. The van der Waals surface area contributed by atoms with Gasteiger partial charge in [0.05, 0.1) is 6.04 Å². The Hall–Kier alpha value is -1.35. The third-order valence-electron chi connectivity index (χ3n) is 5.76. The summed E-state index contributed by atoms with van der Waals surface area (Å²) < 4.78 is 0. The maximum atomic E-state index is 12.3. The zero-order chi connectivity index (χ0) is 19.1. The summed E-state index contributed by atoms with van der Waals surface area (Å²) >= 11 is 0. The van der Waals surface area contributed by atoms with E-state index in [-0.39, 0.29) is 35.9 Å². The topological polar surface area (TPSA) is 60.0 Å². The van der Waals surface area contributed by atoms with Crippen LogP contribution in [0.4, 0.5) is 5.69 Å². The van der Waals surface area contributed by atoms with Crippen LogP contribution in [-0.4, -0.2) is 62.6 Å². The summed E-state index contributed by atoms with van der Waals surface area (Å²) in [6.45, 7) is 7.48. The van der Waals surface area contributed by atoms with Crippen molar-refractivity contribution < 1.29 is 4.79 Å². The number of likely N-dealkylation sites (tertiary alicyclic amines) is 1. The third kappa shape index (κ3) is 6.34. The van der Waals surface area contributed by atoms with Gasteiger partial charge in [-0.3, -0.25) is 9.79 Å². The van der Waals surface area contributed by atoms with Gasteiger partial charge in [0.1, 0.15) is 0 Å². The highest BCUT2D eigenvalue weighted by atomic mass is 127. The van der Waals surface area contributed by atoms with Gasteiger partial charge < -0.3 is 20.4 Å². The van der Waals surface area contributed by atoms with E-state index in [0.717, 1.165) is 24.1 Å². The first-order valence-corrected chi connectivity index (χ1v) is 10.2. The highest BCUT2D eigenvalue weighted by molar-refractivity contribution is 14.0. The van der Waals surface area contributed by atoms with E-state index in [1.807, 2.05) is 35.2 Å². The van der Waals surface area contributed by atoms with Crippen LogP contribution in [0.15, 0.2) is 35.3 Å². The Bertz CT molecular complexity index is 631. The smallest absolute Gasteiger partial charge is 0.229 e. The minimum Gasteiger partial charge on any atom is -0.356 e. The van der Waals surface area contributed by atoms with E-state index in [9.17, 15) is 4.79 Å². The Morgan fingerprint density at radius 1 is 1.21 bits per heavy atom. The van der Waals surface area contributed by atoms with E-state index in [4.69, 9.17) is 0 Å². The molecule has 2 aliphatic heterocycles. The normalized spacial score (nSPS) is 21.5. The Balaban J connectivity index is 0.00000280. The molecule has 156 valence electrons. The molecular weight excluding hydrogens is 465 g/mol. The van der Waals surface area contributed by atoms with Crippen LogP contribution in [0.1, 0.15) is 32.6 Å².